The summed E-state index contributed by atoms with van der Waals surface area (Å²) in [6, 6.07) is 13.6. The van der Waals surface area contributed by atoms with E-state index in [1.807, 2.05) is 24.3 Å². The zero-order valence-corrected chi connectivity index (χ0v) is 11.2. The first kappa shape index (κ1) is 13.9. The second kappa shape index (κ2) is 4.77. The first-order valence-corrected chi connectivity index (χ1v) is 6.61. The van der Waals surface area contributed by atoms with Crippen molar-refractivity contribution >= 4 is 0 Å². The van der Waals surface area contributed by atoms with Crippen LogP contribution in [0.25, 0.3) is 11.1 Å². The summed E-state index contributed by atoms with van der Waals surface area (Å²) in [6.07, 6.45) is -2.73. The smallest absolute Gasteiger partial charge is 0.406 e. The lowest BCUT2D eigenvalue weighted by Crippen LogP contribution is -2.18. The van der Waals surface area contributed by atoms with Crippen LogP contribution < -0.4 is 10.5 Å². The van der Waals surface area contributed by atoms with Crippen LogP contribution in [0.1, 0.15) is 18.4 Å². The standard InChI is InChI=1S/C16H14F3NO/c17-16(18,19)21-14-6-4-11(5-7-14)12-2-1-3-13(10-12)15(20)8-9-15/h1-7,10H,8-9,20H2. The SMILES string of the molecule is NC1(c2cccc(-c3ccc(OC(F)(F)F)cc3)c2)CC1. The van der Waals surface area contributed by atoms with Crippen LogP contribution in [-0.2, 0) is 5.54 Å². The van der Waals surface area contributed by atoms with E-state index in [1.165, 1.54) is 12.1 Å². The van der Waals surface area contributed by atoms with E-state index in [1.54, 1.807) is 12.1 Å². The first-order chi connectivity index (χ1) is 9.86. The zero-order chi connectivity index (χ0) is 15.1. The van der Waals surface area contributed by atoms with Gasteiger partial charge in [-0.1, -0.05) is 30.3 Å². The summed E-state index contributed by atoms with van der Waals surface area (Å²) in [5, 5.41) is 0. The van der Waals surface area contributed by atoms with Crippen LogP contribution in [0.5, 0.6) is 5.75 Å². The molecule has 0 saturated heterocycles. The molecule has 1 saturated carbocycles. The van der Waals surface area contributed by atoms with E-state index in [4.69, 9.17) is 5.73 Å². The lowest BCUT2D eigenvalue weighted by Gasteiger charge is -2.12. The van der Waals surface area contributed by atoms with Crippen LogP contribution in [-0.4, -0.2) is 6.36 Å². The van der Waals surface area contributed by atoms with E-state index in [-0.39, 0.29) is 11.3 Å². The number of rotatable bonds is 3. The zero-order valence-electron chi connectivity index (χ0n) is 11.2. The minimum absolute atomic E-state index is 0.222. The summed E-state index contributed by atoms with van der Waals surface area (Å²) in [5.74, 6) is -0.222. The molecule has 0 aliphatic heterocycles. The Hall–Kier alpha value is -2.01. The van der Waals surface area contributed by atoms with E-state index < -0.39 is 6.36 Å². The van der Waals surface area contributed by atoms with Crippen LogP contribution >= 0.6 is 0 Å². The highest BCUT2D eigenvalue weighted by Gasteiger charge is 2.39. The van der Waals surface area contributed by atoms with Crippen molar-refractivity contribution in [3.63, 3.8) is 0 Å². The Kier molecular flexibility index (Phi) is 3.17. The van der Waals surface area contributed by atoms with Crippen molar-refractivity contribution in [2.24, 2.45) is 5.73 Å². The summed E-state index contributed by atoms with van der Waals surface area (Å²) >= 11 is 0. The third-order valence-corrected chi connectivity index (χ3v) is 3.65. The van der Waals surface area contributed by atoms with Gasteiger partial charge in [-0.05, 0) is 47.7 Å². The van der Waals surface area contributed by atoms with Gasteiger partial charge in [-0.2, -0.15) is 0 Å². The molecule has 5 heteroatoms. The van der Waals surface area contributed by atoms with Crippen LogP contribution in [0, 0.1) is 0 Å². The van der Waals surface area contributed by atoms with Crippen LogP contribution in [0.15, 0.2) is 48.5 Å². The Balaban J connectivity index is 1.84. The molecule has 0 amide bonds. The van der Waals surface area contributed by atoms with Crippen molar-refractivity contribution < 1.29 is 17.9 Å². The average molecular weight is 293 g/mol. The van der Waals surface area contributed by atoms with Gasteiger partial charge in [0.2, 0.25) is 0 Å². The molecule has 1 aliphatic rings. The molecule has 2 nitrogen and oxygen atoms in total. The summed E-state index contributed by atoms with van der Waals surface area (Å²) < 4.78 is 40.2. The molecule has 0 heterocycles. The van der Waals surface area contributed by atoms with Gasteiger partial charge in [0.15, 0.2) is 0 Å². The van der Waals surface area contributed by atoms with Crippen LogP contribution in [0.2, 0.25) is 0 Å². The number of alkyl halides is 3. The number of hydrogen-bond acceptors (Lipinski definition) is 2. The summed E-state index contributed by atoms with van der Waals surface area (Å²) in [4.78, 5) is 0. The summed E-state index contributed by atoms with van der Waals surface area (Å²) in [7, 11) is 0. The fraction of sp³-hybridized carbons (Fsp3) is 0.250. The predicted octanol–water partition coefficient (Wildman–Crippen LogP) is 4.20. The molecule has 2 aromatic carbocycles. The quantitative estimate of drug-likeness (QED) is 0.920. The number of hydrogen-bond donors (Lipinski definition) is 1. The van der Waals surface area contributed by atoms with Gasteiger partial charge in [-0.15, -0.1) is 13.2 Å². The number of benzene rings is 2. The molecule has 0 atom stereocenters. The molecular formula is C16H14F3NO. The molecule has 1 aliphatic carbocycles. The topological polar surface area (TPSA) is 35.2 Å². The van der Waals surface area contributed by atoms with Gasteiger partial charge in [0.05, 0.1) is 0 Å². The summed E-state index contributed by atoms with van der Waals surface area (Å²) in [5.41, 5.74) is 8.76. The Morgan fingerprint density at radius 1 is 0.952 bits per heavy atom. The van der Waals surface area contributed by atoms with E-state index in [0.717, 1.165) is 29.5 Å². The molecule has 2 aromatic rings. The maximum Gasteiger partial charge on any atom is 0.573 e. The molecular weight excluding hydrogens is 279 g/mol. The van der Waals surface area contributed by atoms with Gasteiger partial charge >= 0.3 is 6.36 Å². The summed E-state index contributed by atoms with van der Waals surface area (Å²) in [6.45, 7) is 0. The van der Waals surface area contributed by atoms with Crippen LogP contribution in [0.3, 0.4) is 0 Å². The molecule has 0 radical (unpaired) electrons. The van der Waals surface area contributed by atoms with E-state index in [9.17, 15) is 13.2 Å². The molecule has 2 N–H and O–H groups in total. The normalized spacial score (nSPS) is 16.6. The highest BCUT2D eigenvalue weighted by molar-refractivity contribution is 5.65. The molecule has 0 aromatic heterocycles. The Labute approximate surface area is 120 Å². The van der Waals surface area contributed by atoms with E-state index >= 15 is 0 Å². The van der Waals surface area contributed by atoms with E-state index in [0.29, 0.717) is 0 Å². The minimum Gasteiger partial charge on any atom is -0.406 e. The van der Waals surface area contributed by atoms with Gasteiger partial charge in [-0.3, -0.25) is 0 Å². The lowest BCUT2D eigenvalue weighted by atomic mass is 9.98. The second-order valence-corrected chi connectivity index (χ2v) is 5.31. The van der Waals surface area contributed by atoms with Crippen molar-refractivity contribution in [2.45, 2.75) is 24.7 Å². The average Bonchev–Trinajstić information content (AvgIpc) is 3.17. The predicted molar refractivity (Wildman–Crippen MR) is 73.7 cm³/mol. The van der Waals surface area contributed by atoms with Crippen molar-refractivity contribution in [3.05, 3.63) is 54.1 Å². The number of halogens is 3. The molecule has 110 valence electrons. The Bertz CT molecular complexity index is 645. The van der Waals surface area contributed by atoms with E-state index in [2.05, 4.69) is 4.74 Å². The molecule has 0 bridgehead atoms. The number of nitrogens with two attached hydrogens (primary N) is 1. The maximum atomic E-state index is 12.1. The number of ether oxygens (including phenoxy) is 1. The third-order valence-electron chi connectivity index (χ3n) is 3.65. The van der Waals surface area contributed by atoms with Gasteiger partial charge in [0.1, 0.15) is 5.75 Å². The van der Waals surface area contributed by atoms with Gasteiger partial charge in [-0.25, -0.2) is 0 Å². The molecule has 21 heavy (non-hydrogen) atoms. The maximum absolute atomic E-state index is 12.1. The van der Waals surface area contributed by atoms with Crippen molar-refractivity contribution in [1.82, 2.24) is 0 Å². The lowest BCUT2D eigenvalue weighted by molar-refractivity contribution is -0.274. The first-order valence-electron chi connectivity index (χ1n) is 6.61. The van der Waals surface area contributed by atoms with Crippen LogP contribution in [0.4, 0.5) is 13.2 Å². The fourth-order valence-electron chi connectivity index (χ4n) is 2.28. The van der Waals surface area contributed by atoms with Gasteiger partial charge in [0.25, 0.3) is 0 Å². The molecule has 3 rings (SSSR count). The monoisotopic (exact) mass is 293 g/mol. The fourth-order valence-corrected chi connectivity index (χ4v) is 2.28. The molecule has 0 unspecified atom stereocenters. The minimum atomic E-state index is -4.67. The molecule has 1 fully saturated rings. The largest absolute Gasteiger partial charge is 0.573 e. The highest BCUT2D eigenvalue weighted by Crippen LogP contribution is 2.43. The molecule has 0 spiro atoms. The van der Waals surface area contributed by atoms with Gasteiger partial charge in [0, 0.05) is 5.54 Å². The second-order valence-electron chi connectivity index (χ2n) is 5.31. The van der Waals surface area contributed by atoms with Crippen molar-refractivity contribution in [3.8, 4) is 16.9 Å². The Morgan fingerprint density at radius 2 is 1.62 bits per heavy atom. The van der Waals surface area contributed by atoms with Crippen molar-refractivity contribution in [1.29, 1.82) is 0 Å². The Morgan fingerprint density at radius 3 is 2.19 bits per heavy atom. The van der Waals surface area contributed by atoms with Gasteiger partial charge < -0.3 is 10.5 Å². The van der Waals surface area contributed by atoms with Crippen molar-refractivity contribution in [2.75, 3.05) is 0 Å². The third kappa shape index (κ3) is 3.19. The highest BCUT2D eigenvalue weighted by atomic mass is 19.4.